The van der Waals surface area contributed by atoms with E-state index in [9.17, 15) is 9.18 Å². The number of rotatable bonds is 3. The van der Waals surface area contributed by atoms with Crippen LogP contribution in [0.25, 0.3) is 0 Å². The summed E-state index contributed by atoms with van der Waals surface area (Å²) in [6, 6.07) is 6.37. The van der Waals surface area contributed by atoms with Crippen LogP contribution in [0.4, 0.5) is 4.39 Å². The van der Waals surface area contributed by atoms with Gasteiger partial charge in [0.15, 0.2) is 0 Å². The molecule has 1 aromatic rings. The molecular formula is C12H14FNO2. The van der Waals surface area contributed by atoms with Crippen LogP contribution < -0.4 is 5.32 Å². The number of hydrogen-bond acceptors (Lipinski definition) is 2. The van der Waals surface area contributed by atoms with E-state index in [1.807, 2.05) is 0 Å². The fourth-order valence-electron chi connectivity index (χ4n) is 2.29. The molecule has 1 aliphatic rings. The van der Waals surface area contributed by atoms with E-state index in [1.165, 1.54) is 6.07 Å². The summed E-state index contributed by atoms with van der Waals surface area (Å²) in [5, 5.41) is 12.0. The normalized spacial score (nSPS) is 24.6. The average molecular weight is 223 g/mol. The molecule has 2 unspecified atom stereocenters. The van der Waals surface area contributed by atoms with Crippen molar-refractivity contribution in [1.82, 2.24) is 5.32 Å². The van der Waals surface area contributed by atoms with Crippen molar-refractivity contribution in [2.75, 3.05) is 6.54 Å². The molecule has 0 bridgehead atoms. The molecule has 86 valence electrons. The molecule has 2 atom stereocenters. The minimum atomic E-state index is -0.824. The molecule has 1 saturated heterocycles. The highest BCUT2D eigenvalue weighted by molar-refractivity contribution is 5.67. The highest BCUT2D eigenvalue weighted by atomic mass is 19.1. The van der Waals surface area contributed by atoms with Crippen molar-refractivity contribution in [1.29, 1.82) is 0 Å². The number of halogens is 1. The van der Waals surface area contributed by atoms with Crippen molar-refractivity contribution >= 4 is 5.97 Å². The third-order valence-electron chi connectivity index (χ3n) is 3.03. The molecule has 16 heavy (non-hydrogen) atoms. The fraction of sp³-hybridized carbons (Fsp3) is 0.417. The summed E-state index contributed by atoms with van der Waals surface area (Å²) in [4.78, 5) is 10.7. The van der Waals surface area contributed by atoms with E-state index >= 15 is 0 Å². The number of nitrogens with one attached hydrogen (secondary N) is 1. The van der Waals surface area contributed by atoms with Crippen molar-refractivity contribution < 1.29 is 14.3 Å². The van der Waals surface area contributed by atoms with Gasteiger partial charge in [0.05, 0.1) is 6.42 Å². The zero-order valence-corrected chi connectivity index (χ0v) is 8.82. The standard InChI is InChI=1S/C12H14FNO2/c13-10-4-2-1-3-9(10)12-8(5-6-14-12)7-11(15)16/h1-4,8,12,14H,5-7H2,(H,15,16). The molecule has 1 aromatic carbocycles. The maximum Gasteiger partial charge on any atom is 0.303 e. The van der Waals surface area contributed by atoms with E-state index in [0.717, 1.165) is 13.0 Å². The summed E-state index contributed by atoms with van der Waals surface area (Å²) in [5.41, 5.74) is 0.575. The summed E-state index contributed by atoms with van der Waals surface area (Å²) in [6.45, 7) is 0.747. The van der Waals surface area contributed by atoms with Crippen LogP contribution >= 0.6 is 0 Å². The summed E-state index contributed by atoms with van der Waals surface area (Å²) in [6.07, 6.45) is 0.872. The highest BCUT2D eigenvalue weighted by Gasteiger charge is 2.31. The second-order valence-electron chi connectivity index (χ2n) is 4.10. The molecule has 2 rings (SSSR count). The topological polar surface area (TPSA) is 49.3 Å². The van der Waals surface area contributed by atoms with Crippen molar-refractivity contribution in [3.05, 3.63) is 35.6 Å². The van der Waals surface area contributed by atoms with Gasteiger partial charge in [0, 0.05) is 11.6 Å². The zero-order valence-electron chi connectivity index (χ0n) is 8.82. The van der Waals surface area contributed by atoms with Crippen molar-refractivity contribution in [2.45, 2.75) is 18.9 Å². The first kappa shape index (κ1) is 11.1. The van der Waals surface area contributed by atoms with E-state index in [4.69, 9.17) is 5.11 Å². The predicted octanol–water partition coefficient (Wildman–Crippen LogP) is 1.95. The summed E-state index contributed by atoms with van der Waals surface area (Å²) < 4.78 is 13.6. The molecule has 0 amide bonds. The Morgan fingerprint density at radius 1 is 1.50 bits per heavy atom. The maximum absolute atomic E-state index is 13.6. The lowest BCUT2D eigenvalue weighted by molar-refractivity contribution is -0.138. The van der Waals surface area contributed by atoms with Gasteiger partial charge >= 0.3 is 5.97 Å². The van der Waals surface area contributed by atoms with Crippen molar-refractivity contribution in [3.8, 4) is 0 Å². The molecule has 0 aliphatic carbocycles. The van der Waals surface area contributed by atoms with E-state index in [0.29, 0.717) is 5.56 Å². The van der Waals surface area contributed by atoms with Crippen LogP contribution in [-0.4, -0.2) is 17.6 Å². The number of benzene rings is 1. The molecular weight excluding hydrogens is 209 g/mol. The Balaban J connectivity index is 2.20. The van der Waals surface area contributed by atoms with Crippen molar-refractivity contribution in [3.63, 3.8) is 0 Å². The molecule has 1 fully saturated rings. The maximum atomic E-state index is 13.6. The van der Waals surface area contributed by atoms with Crippen molar-refractivity contribution in [2.24, 2.45) is 5.92 Å². The van der Waals surface area contributed by atoms with E-state index in [-0.39, 0.29) is 24.2 Å². The first-order valence-electron chi connectivity index (χ1n) is 5.38. The number of aliphatic carboxylic acids is 1. The van der Waals surface area contributed by atoms with E-state index in [1.54, 1.807) is 18.2 Å². The van der Waals surface area contributed by atoms with Gasteiger partial charge in [0.1, 0.15) is 5.82 Å². The van der Waals surface area contributed by atoms with Crippen LogP contribution in [0, 0.1) is 11.7 Å². The smallest absolute Gasteiger partial charge is 0.303 e. The van der Waals surface area contributed by atoms with Gasteiger partial charge in [-0.15, -0.1) is 0 Å². The van der Waals surface area contributed by atoms with Crippen LogP contribution in [0.2, 0.25) is 0 Å². The highest BCUT2D eigenvalue weighted by Crippen LogP contribution is 2.33. The minimum absolute atomic E-state index is 0.0191. The molecule has 3 nitrogen and oxygen atoms in total. The molecule has 2 N–H and O–H groups in total. The van der Waals surface area contributed by atoms with Crippen LogP contribution in [0.1, 0.15) is 24.4 Å². The Kier molecular flexibility index (Phi) is 3.19. The number of carbonyl (C=O) groups is 1. The lowest BCUT2D eigenvalue weighted by Gasteiger charge is -2.18. The van der Waals surface area contributed by atoms with Gasteiger partial charge in [-0.1, -0.05) is 18.2 Å². The quantitative estimate of drug-likeness (QED) is 0.823. The molecule has 0 aromatic heterocycles. The Morgan fingerprint density at radius 2 is 2.25 bits per heavy atom. The lowest BCUT2D eigenvalue weighted by Crippen LogP contribution is -2.20. The largest absolute Gasteiger partial charge is 0.481 e. The third kappa shape index (κ3) is 2.22. The number of carboxylic acids is 1. The van der Waals surface area contributed by atoms with E-state index < -0.39 is 5.97 Å². The molecule has 4 heteroatoms. The monoisotopic (exact) mass is 223 g/mol. The van der Waals surface area contributed by atoms with Gasteiger partial charge < -0.3 is 10.4 Å². The van der Waals surface area contributed by atoms with Gasteiger partial charge in [0.2, 0.25) is 0 Å². The average Bonchev–Trinajstić information content (AvgIpc) is 2.66. The zero-order chi connectivity index (χ0) is 11.5. The first-order valence-corrected chi connectivity index (χ1v) is 5.38. The van der Waals surface area contributed by atoms with Crippen LogP contribution in [0.5, 0.6) is 0 Å². The Morgan fingerprint density at radius 3 is 2.94 bits per heavy atom. The van der Waals surface area contributed by atoms with E-state index in [2.05, 4.69) is 5.32 Å². The van der Waals surface area contributed by atoms with Gasteiger partial charge in [-0.3, -0.25) is 4.79 Å². The second-order valence-corrected chi connectivity index (χ2v) is 4.10. The van der Waals surface area contributed by atoms with Gasteiger partial charge in [-0.2, -0.15) is 0 Å². The molecule has 1 aliphatic heterocycles. The summed E-state index contributed by atoms with van der Waals surface area (Å²) >= 11 is 0. The van der Waals surface area contributed by atoms with Crippen LogP contribution in [-0.2, 0) is 4.79 Å². The fourth-order valence-corrected chi connectivity index (χ4v) is 2.29. The number of hydrogen-bond donors (Lipinski definition) is 2. The molecule has 0 spiro atoms. The number of carboxylic acid groups (broad SMARTS) is 1. The van der Waals surface area contributed by atoms with Crippen LogP contribution in [0.15, 0.2) is 24.3 Å². The van der Waals surface area contributed by atoms with Gasteiger partial charge in [-0.25, -0.2) is 4.39 Å². The lowest BCUT2D eigenvalue weighted by atomic mass is 9.91. The summed E-state index contributed by atoms with van der Waals surface area (Å²) in [7, 11) is 0. The molecule has 1 heterocycles. The minimum Gasteiger partial charge on any atom is -0.481 e. The molecule has 0 radical (unpaired) electrons. The first-order chi connectivity index (χ1) is 7.68. The second kappa shape index (κ2) is 4.61. The Hall–Kier alpha value is -1.42. The Labute approximate surface area is 93.3 Å². The van der Waals surface area contributed by atoms with Gasteiger partial charge in [-0.05, 0) is 24.9 Å². The third-order valence-corrected chi connectivity index (χ3v) is 3.03. The predicted molar refractivity (Wildman–Crippen MR) is 57.5 cm³/mol. The molecule has 0 saturated carbocycles. The van der Waals surface area contributed by atoms with Gasteiger partial charge in [0.25, 0.3) is 0 Å². The Bertz CT molecular complexity index is 394. The summed E-state index contributed by atoms with van der Waals surface area (Å²) in [5.74, 6) is -1.11. The van der Waals surface area contributed by atoms with Crippen LogP contribution in [0.3, 0.4) is 0 Å². The SMILES string of the molecule is O=C(O)CC1CCNC1c1ccccc1F.